The van der Waals surface area contributed by atoms with Crippen LogP contribution < -0.4 is 0 Å². The summed E-state index contributed by atoms with van der Waals surface area (Å²) in [5, 5.41) is 0. The molecule has 0 aliphatic rings. The molecule has 0 aromatic heterocycles. The van der Waals surface area contributed by atoms with Gasteiger partial charge in [-0.1, -0.05) is 13.8 Å². The molecule has 0 rings (SSSR count). The molecule has 0 spiro atoms. The average Bonchev–Trinajstić information content (AvgIpc) is 1.95. The van der Waals surface area contributed by atoms with Crippen LogP contribution in [0.25, 0.3) is 0 Å². The van der Waals surface area contributed by atoms with Crippen LogP contribution in [0.3, 0.4) is 0 Å². The summed E-state index contributed by atoms with van der Waals surface area (Å²) >= 11 is 0. The van der Waals surface area contributed by atoms with Crippen molar-refractivity contribution in [3.8, 4) is 0 Å². The van der Waals surface area contributed by atoms with Crippen molar-refractivity contribution in [2.45, 2.75) is 38.5 Å². The van der Waals surface area contributed by atoms with E-state index in [0.717, 1.165) is 6.92 Å². The van der Waals surface area contributed by atoms with Crippen molar-refractivity contribution in [3.63, 3.8) is 0 Å². The first-order valence-electron chi connectivity index (χ1n) is 4.53. The zero-order chi connectivity index (χ0) is 12.5. The van der Waals surface area contributed by atoms with Gasteiger partial charge in [-0.3, -0.25) is 9.13 Å². The van der Waals surface area contributed by atoms with Gasteiger partial charge in [0.25, 0.3) is 0 Å². The van der Waals surface area contributed by atoms with E-state index in [1.54, 1.807) is 0 Å². The molecule has 0 atom stereocenters. The Morgan fingerprint density at radius 2 is 1.40 bits per heavy atom. The molecular weight excluding hydrogens is 242 g/mol. The zero-order valence-electron chi connectivity index (χ0n) is 8.99. The minimum Gasteiger partial charge on any atom is -0.324 e. The summed E-state index contributed by atoms with van der Waals surface area (Å²) in [5.74, 6) is 0.127. The van der Waals surface area contributed by atoms with Crippen molar-refractivity contribution in [1.82, 2.24) is 0 Å². The van der Waals surface area contributed by atoms with Crippen molar-refractivity contribution < 1.29 is 28.7 Å². The highest BCUT2D eigenvalue weighted by Crippen LogP contribution is 2.70. The SMILES string of the molecule is CC(C)CCC(C)(P(=O)(O)O)P(=O)(O)O. The van der Waals surface area contributed by atoms with Gasteiger partial charge in [0.1, 0.15) is 0 Å². The largest absolute Gasteiger partial charge is 0.343 e. The van der Waals surface area contributed by atoms with Crippen LogP contribution in [-0.2, 0) is 9.13 Å². The second kappa shape index (κ2) is 4.66. The summed E-state index contributed by atoms with van der Waals surface area (Å²) in [6.45, 7) is 4.58. The van der Waals surface area contributed by atoms with Gasteiger partial charge in [-0.2, -0.15) is 0 Å². The summed E-state index contributed by atoms with van der Waals surface area (Å²) in [6.07, 6.45) is 0.159. The van der Waals surface area contributed by atoms with Gasteiger partial charge >= 0.3 is 15.2 Å². The minimum atomic E-state index is -4.83. The number of hydrogen-bond acceptors (Lipinski definition) is 2. The fourth-order valence-electron chi connectivity index (χ4n) is 1.02. The molecule has 0 amide bonds. The van der Waals surface area contributed by atoms with Gasteiger partial charge in [0.15, 0.2) is 4.90 Å². The molecule has 0 fully saturated rings. The van der Waals surface area contributed by atoms with Crippen LogP contribution in [0.2, 0.25) is 0 Å². The van der Waals surface area contributed by atoms with Crippen LogP contribution in [-0.4, -0.2) is 24.5 Å². The summed E-state index contributed by atoms with van der Waals surface area (Å²) in [5.41, 5.74) is 0. The molecule has 6 nitrogen and oxygen atoms in total. The Balaban J connectivity index is 5.08. The molecule has 0 aliphatic carbocycles. The van der Waals surface area contributed by atoms with Crippen LogP contribution in [0.15, 0.2) is 0 Å². The lowest BCUT2D eigenvalue weighted by atomic mass is 10.1. The fourth-order valence-corrected chi connectivity index (χ4v) is 3.22. The van der Waals surface area contributed by atoms with E-state index in [0.29, 0.717) is 6.42 Å². The van der Waals surface area contributed by atoms with Crippen LogP contribution in [0.5, 0.6) is 0 Å². The maximum absolute atomic E-state index is 11.1. The second-order valence-corrected chi connectivity index (χ2v) is 8.74. The number of hydrogen-bond donors (Lipinski definition) is 4. The highest BCUT2D eigenvalue weighted by molar-refractivity contribution is 7.72. The van der Waals surface area contributed by atoms with Gasteiger partial charge in [-0.15, -0.1) is 0 Å². The normalized spacial score (nSPS) is 14.7. The van der Waals surface area contributed by atoms with Crippen molar-refractivity contribution >= 4 is 15.2 Å². The van der Waals surface area contributed by atoms with E-state index in [9.17, 15) is 9.13 Å². The Kier molecular flexibility index (Phi) is 4.75. The third kappa shape index (κ3) is 3.66. The van der Waals surface area contributed by atoms with Crippen molar-refractivity contribution in [2.75, 3.05) is 0 Å². The van der Waals surface area contributed by atoms with Crippen LogP contribution in [0.1, 0.15) is 33.6 Å². The van der Waals surface area contributed by atoms with Crippen molar-refractivity contribution in [3.05, 3.63) is 0 Å². The molecule has 0 aromatic carbocycles. The predicted octanol–water partition coefficient (Wildman–Crippen LogP) is 1.49. The maximum atomic E-state index is 11.1. The van der Waals surface area contributed by atoms with Crippen molar-refractivity contribution in [1.29, 1.82) is 0 Å². The van der Waals surface area contributed by atoms with Gasteiger partial charge in [-0.25, -0.2) is 0 Å². The monoisotopic (exact) mass is 260 g/mol. The summed E-state index contributed by atoms with van der Waals surface area (Å²) in [7, 11) is -9.66. The molecule has 0 saturated heterocycles. The third-order valence-electron chi connectivity index (χ3n) is 2.45. The highest BCUT2D eigenvalue weighted by atomic mass is 31.2. The predicted molar refractivity (Wildman–Crippen MR) is 56.6 cm³/mol. The Bertz CT molecular complexity index is 279. The number of rotatable bonds is 5. The molecule has 4 N–H and O–H groups in total. The molecule has 0 bridgehead atoms. The van der Waals surface area contributed by atoms with E-state index in [2.05, 4.69) is 0 Å². The highest BCUT2D eigenvalue weighted by Gasteiger charge is 2.55. The first kappa shape index (κ1) is 15.3. The van der Waals surface area contributed by atoms with E-state index in [1.807, 2.05) is 13.8 Å². The van der Waals surface area contributed by atoms with Gasteiger partial charge in [0.2, 0.25) is 0 Å². The lowest BCUT2D eigenvalue weighted by molar-refractivity contribution is 0.302. The van der Waals surface area contributed by atoms with Crippen LogP contribution in [0, 0.1) is 5.92 Å². The Labute approximate surface area is 89.0 Å². The zero-order valence-corrected chi connectivity index (χ0v) is 10.8. The molecule has 0 aliphatic heterocycles. The summed E-state index contributed by atoms with van der Waals surface area (Å²) in [6, 6.07) is 0. The van der Waals surface area contributed by atoms with Crippen LogP contribution >= 0.6 is 15.2 Å². The smallest absolute Gasteiger partial charge is 0.324 e. The molecule has 0 unspecified atom stereocenters. The third-order valence-corrected chi connectivity index (χ3v) is 6.97. The standard InChI is InChI=1S/C7H18O6P2/c1-6(2)4-5-7(3,14(8,9)10)15(11,12)13/h6H,4-5H2,1-3H3,(H2,8,9,10)(H2,11,12,13). The van der Waals surface area contributed by atoms with E-state index in [4.69, 9.17) is 19.6 Å². The summed E-state index contributed by atoms with van der Waals surface area (Å²) < 4.78 is 22.2. The van der Waals surface area contributed by atoms with Gasteiger partial charge in [0.05, 0.1) is 0 Å². The first-order chi connectivity index (χ1) is 6.42. The Morgan fingerprint density at radius 1 is 1.07 bits per heavy atom. The molecule has 92 valence electrons. The molecule has 0 heterocycles. The summed E-state index contributed by atoms with van der Waals surface area (Å²) in [4.78, 5) is 33.8. The fraction of sp³-hybridized carbons (Fsp3) is 1.00. The van der Waals surface area contributed by atoms with E-state index < -0.39 is 20.1 Å². The molecule has 8 heteroatoms. The molecule has 15 heavy (non-hydrogen) atoms. The molecule has 0 saturated carbocycles. The van der Waals surface area contributed by atoms with E-state index >= 15 is 0 Å². The van der Waals surface area contributed by atoms with E-state index in [-0.39, 0.29) is 12.3 Å². The Morgan fingerprint density at radius 3 is 1.60 bits per heavy atom. The van der Waals surface area contributed by atoms with Crippen molar-refractivity contribution in [2.24, 2.45) is 5.92 Å². The maximum Gasteiger partial charge on any atom is 0.343 e. The molecule has 0 aromatic rings. The minimum absolute atomic E-state index is 0.127. The average molecular weight is 260 g/mol. The van der Waals surface area contributed by atoms with Gasteiger partial charge in [-0.05, 0) is 25.7 Å². The molecule has 0 radical (unpaired) electrons. The van der Waals surface area contributed by atoms with Crippen LogP contribution in [0.4, 0.5) is 0 Å². The van der Waals surface area contributed by atoms with Gasteiger partial charge in [0, 0.05) is 0 Å². The van der Waals surface area contributed by atoms with Gasteiger partial charge < -0.3 is 19.6 Å². The topological polar surface area (TPSA) is 115 Å². The molecular formula is C7H18O6P2. The second-order valence-electron chi connectivity index (χ2n) is 4.24. The Hall–Kier alpha value is 0.300. The lowest BCUT2D eigenvalue weighted by Crippen LogP contribution is -2.25. The quantitative estimate of drug-likeness (QED) is 0.557. The first-order valence-corrected chi connectivity index (χ1v) is 7.75. The van der Waals surface area contributed by atoms with E-state index in [1.165, 1.54) is 0 Å². The lowest BCUT2D eigenvalue weighted by Gasteiger charge is -2.31.